The van der Waals surface area contributed by atoms with E-state index in [-0.39, 0.29) is 0 Å². The molecule has 1 aliphatic rings. The van der Waals surface area contributed by atoms with Crippen LogP contribution in [0.5, 0.6) is 0 Å². The lowest BCUT2D eigenvalue weighted by Crippen LogP contribution is -1.94. The maximum atomic E-state index is 10.6. The van der Waals surface area contributed by atoms with Crippen LogP contribution in [-0.2, 0) is 9.59 Å². The van der Waals surface area contributed by atoms with E-state index >= 15 is 0 Å². The maximum Gasteiger partial charge on any atom is 0.133 e. The van der Waals surface area contributed by atoms with E-state index in [1.54, 1.807) is 0 Å². The lowest BCUT2D eigenvalue weighted by Gasteiger charge is -1.97. The molecular weight excluding hydrogens is 116 g/mol. The first-order chi connectivity index (χ1) is 4.33. The van der Waals surface area contributed by atoms with E-state index in [1.807, 2.05) is 0 Å². The molecule has 0 aromatic heterocycles. The van der Waals surface area contributed by atoms with Gasteiger partial charge in [0, 0.05) is 19.3 Å². The SMILES string of the molecule is O=CCC1CCC(=O)C1. The molecule has 0 N–H and O–H groups in total. The van der Waals surface area contributed by atoms with Gasteiger partial charge in [0.2, 0.25) is 0 Å². The van der Waals surface area contributed by atoms with Crippen LogP contribution in [0.1, 0.15) is 25.7 Å². The zero-order valence-electron chi connectivity index (χ0n) is 5.30. The fourth-order valence-electron chi connectivity index (χ4n) is 1.23. The topological polar surface area (TPSA) is 34.1 Å². The van der Waals surface area contributed by atoms with Crippen molar-refractivity contribution < 1.29 is 9.59 Å². The Hall–Kier alpha value is -0.660. The fourth-order valence-corrected chi connectivity index (χ4v) is 1.23. The molecule has 0 aromatic rings. The molecule has 1 fully saturated rings. The minimum Gasteiger partial charge on any atom is -0.303 e. The Morgan fingerprint density at radius 2 is 2.44 bits per heavy atom. The Kier molecular flexibility index (Phi) is 1.98. The molecule has 0 spiro atoms. The quantitative estimate of drug-likeness (QED) is 0.516. The molecule has 1 unspecified atom stereocenters. The normalized spacial score (nSPS) is 26.7. The Labute approximate surface area is 54.2 Å². The van der Waals surface area contributed by atoms with E-state index in [2.05, 4.69) is 0 Å². The summed E-state index contributed by atoms with van der Waals surface area (Å²) >= 11 is 0. The highest BCUT2D eigenvalue weighted by Crippen LogP contribution is 2.23. The Balaban J connectivity index is 2.29. The molecule has 0 aliphatic heterocycles. The van der Waals surface area contributed by atoms with E-state index in [0.29, 0.717) is 31.0 Å². The molecule has 0 aromatic carbocycles. The molecule has 0 heterocycles. The highest BCUT2D eigenvalue weighted by Gasteiger charge is 2.20. The van der Waals surface area contributed by atoms with Crippen LogP contribution in [0.25, 0.3) is 0 Å². The zero-order valence-corrected chi connectivity index (χ0v) is 5.30. The van der Waals surface area contributed by atoms with Crippen molar-refractivity contribution in [3.8, 4) is 0 Å². The molecule has 0 saturated heterocycles. The standard InChI is InChI=1S/C7H10O2/c8-4-3-6-1-2-7(9)5-6/h4,6H,1-3,5H2. The molecule has 2 nitrogen and oxygen atoms in total. The first-order valence-corrected chi connectivity index (χ1v) is 3.28. The second-order valence-corrected chi connectivity index (χ2v) is 2.55. The number of aldehydes is 1. The van der Waals surface area contributed by atoms with Gasteiger partial charge in [-0.1, -0.05) is 0 Å². The van der Waals surface area contributed by atoms with Gasteiger partial charge in [0.05, 0.1) is 0 Å². The van der Waals surface area contributed by atoms with E-state index < -0.39 is 0 Å². The summed E-state index contributed by atoms with van der Waals surface area (Å²) in [7, 11) is 0. The van der Waals surface area contributed by atoms with Crippen molar-refractivity contribution in [2.24, 2.45) is 5.92 Å². The van der Waals surface area contributed by atoms with Gasteiger partial charge in [-0.05, 0) is 12.3 Å². The molecule has 2 heteroatoms. The van der Waals surface area contributed by atoms with Crippen LogP contribution in [0, 0.1) is 5.92 Å². The van der Waals surface area contributed by atoms with Crippen LogP contribution in [0.15, 0.2) is 0 Å². The zero-order chi connectivity index (χ0) is 6.69. The van der Waals surface area contributed by atoms with E-state index in [9.17, 15) is 9.59 Å². The summed E-state index contributed by atoms with van der Waals surface area (Å²) in [6.07, 6.45) is 3.74. The minimum absolute atomic E-state index is 0.321. The molecule has 1 rings (SSSR count). The maximum absolute atomic E-state index is 10.6. The van der Waals surface area contributed by atoms with Gasteiger partial charge in [0.15, 0.2) is 0 Å². The molecular formula is C7H10O2. The van der Waals surface area contributed by atoms with E-state index in [1.165, 1.54) is 0 Å². The summed E-state index contributed by atoms with van der Waals surface area (Å²) in [5.74, 6) is 0.692. The summed E-state index contributed by atoms with van der Waals surface area (Å²) in [4.78, 5) is 20.6. The van der Waals surface area contributed by atoms with Gasteiger partial charge < -0.3 is 4.79 Å². The summed E-state index contributed by atoms with van der Waals surface area (Å²) in [5.41, 5.74) is 0. The highest BCUT2D eigenvalue weighted by atomic mass is 16.1. The predicted molar refractivity (Wildman–Crippen MR) is 33.0 cm³/mol. The van der Waals surface area contributed by atoms with Crippen molar-refractivity contribution in [3.05, 3.63) is 0 Å². The summed E-state index contributed by atoms with van der Waals surface area (Å²) in [6.45, 7) is 0. The van der Waals surface area contributed by atoms with Gasteiger partial charge in [-0.25, -0.2) is 0 Å². The van der Waals surface area contributed by atoms with Crippen LogP contribution >= 0.6 is 0 Å². The minimum atomic E-state index is 0.321. The van der Waals surface area contributed by atoms with Crippen LogP contribution in [-0.4, -0.2) is 12.1 Å². The van der Waals surface area contributed by atoms with Crippen molar-refractivity contribution in [2.45, 2.75) is 25.7 Å². The van der Waals surface area contributed by atoms with Crippen molar-refractivity contribution in [3.63, 3.8) is 0 Å². The third-order valence-electron chi connectivity index (χ3n) is 1.78. The average Bonchev–Trinajstić information content (AvgIpc) is 2.17. The van der Waals surface area contributed by atoms with Crippen molar-refractivity contribution in [1.82, 2.24) is 0 Å². The molecule has 9 heavy (non-hydrogen) atoms. The van der Waals surface area contributed by atoms with Crippen LogP contribution in [0.2, 0.25) is 0 Å². The Morgan fingerprint density at radius 3 is 2.89 bits per heavy atom. The van der Waals surface area contributed by atoms with Gasteiger partial charge >= 0.3 is 0 Å². The number of ketones is 1. The average molecular weight is 126 g/mol. The Bertz CT molecular complexity index is 129. The molecule has 50 valence electrons. The number of hydrogen-bond donors (Lipinski definition) is 0. The van der Waals surface area contributed by atoms with Gasteiger partial charge in [-0.15, -0.1) is 0 Å². The van der Waals surface area contributed by atoms with Crippen LogP contribution < -0.4 is 0 Å². The summed E-state index contributed by atoms with van der Waals surface area (Å²) in [6, 6.07) is 0. The smallest absolute Gasteiger partial charge is 0.133 e. The number of carbonyl (C=O) groups is 2. The largest absolute Gasteiger partial charge is 0.303 e. The predicted octanol–water partition coefficient (Wildman–Crippen LogP) is 0.945. The Morgan fingerprint density at radius 1 is 1.67 bits per heavy atom. The molecule has 1 aliphatic carbocycles. The molecule has 0 bridgehead atoms. The number of hydrogen-bond acceptors (Lipinski definition) is 2. The second-order valence-electron chi connectivity index (χ2n) is 2.55. The van der Waals surface area contributed by atoms with E-state index in [4.69, 9.17) is 0 Å². The number of rotatable bonds is 2. The van der Waals surface area contributed by atoms with Crippen LogP contribution in [0.3, 0.4) is 0 Å². The first-order valence-electron chi connectivity index (χ1n) is 3.28. The van der Waals surface area contributed by atoms with Crippen LogP contribution in [0.4, 0.5) is 0 Å². The van der Waals surface area contributed by atoms with E-state index in [0.717, 1.165) is 12.7 Å². The summed E-state index contributed by atoms with van der Waals surface area (Å²) in [5, 5.41) is 0. The van der Waals surface area contributed by atoms with Gasteiger partial charge in [0.1, 0.15) is 12.1 Å². The van der Waals surface area contributed by atoms with Gasteiger partial charge in [0.25, 0.3) is 0 Å². The monoisotopic (exact) mass is 126 g/mol. The summed E-state index contributed by atoms with van der Waals surface area (Å²) < 4.78 is 0. The molecule has 1 saturated carbocycles. The second kappa shape index (κ2) is 2.76. The van der Waals surface area contributed by atoms with Crippen molar-refractivity contribution >= 4 is 12.1 Å². The molecule has 0 amide bonds. The molecule has 0 radical (unpaired) electrons. The lowest BCUT2D eigenvalue weighted by molar-refractivity contribution is -0.117. The fraction of sp³-hybridized carbons (Fsp3) is 0.714. The van der Waals surface area contributed by atoms with Gasteiger partial charge in [-0.2, -0.15) is 0 Å². The first kappa shape index (κ1) is 6.46. The third kappa shape index (κ3) is 1.63. The van der Waals surface area contributed by atoms with Crippen molar-refractivity contribution in [1.29, 1.82) is 0 Å². The number of carbonyl (C=O) groups excluding carboxylic acids is 2. The third-order valence-corrected chi connectivity index (χ3v) is 1.78. The lowest BCUT2D eigenvalue weighted by atomic mass is 10.1. The molecule has 1 atom stereocenters. The van der Waals surface area contributed by atoms with Gasteiger partial charge in [-0.3, -0.25) is 4.79 Å². The highest BCUT2D eigenvalue weighted by molar-refractivity contribution is 5.81. The van der Waals surface area contributed by atoms with Crippen molar-refractivity contribution in [2.75, 3.05) is 0 Å². The number of Topliss-reactive ketones (excluding diaryl/α,β-unsaturated/α-hetero) is 1.